The minimum atomic E-state index is -3.71. The van der Waals surface area contributed by atoms with Crippen LogP contribution in [0.3, 0.4) is 0 Å². The molecule has 0 amide bonds. The van der Waals surface area contributed by atoms with Gasteiger partial charge in [0.2, 0.25) is 0 Å². The summed E-state index contributed by atoms with van der Waals surface area (Å²) in [5.41, 5.74) is 1.34. The first-order valence-electron chi connectivity index (χ1n) is 5.94. The Bertz CT molecular complexity index is 697. The number of sulfonamides is 1. The molecule has 0 saturated carbocycles. The van der Waals surface area contributed by atoms with Crippen molar-refractivity contribution in [2.75, 3.05) is 23.7 Å². The maximum atomic E-state index is 12.8. The predicted octanol–water partition coefficient (Wildman–Crippen LogP) is 2.69. The lowest BCUT2D eigenvalue weighted by atomic mass is 10.3. The van der Waals surface area contributed by atoms with E-state index in [2.05, 4.69) is 4.72 Å². The van der Waals surface area contributed by atoms with Gasteiger partial charge in [0.1, 0.15) is 5.82 Å². The van der Waals surface area contributed by atoms with Crippen LogP contribution in [0.25, 0.3) is 0 Å². The van der Waals surface area contributed by atoms with E-state index in [0.717, 1.165) is 17.8 Å². The van der Waals surface area contributed by atoms with Gasteiger partial charge in [-0.15, -0.1) is 0 Å². The third-order valence-corrected chi connectivity index (χ3v) is 4.14. The summed E-state index contributed by atoms with van der Waals surface area (Å²) in [5.74, 6) is -0.474. The molecule has 2 aromatic rings. The van der Waals surface area contributed by atoms with Crippen molar-refractivity contribution in [1.29, 1.82) is 0 Å². The Balaban J connectivity index is 2.28. The first kappa shape index (κ1) is 14.3. The van der Waals surface area contributed by atoms with Crippen LogP contribution in [-0.2, 0) is 10.0 Å². The Morgan fingerprint density at radius 1 is 1.05 bits per heavy atom. The van der Waals surface area contributed by atoms with Gasteiger partial charge in [0.25, 0.3) is 10.0 Å². The van der Waals surface area contributed by atoms with E-state index < -0.39 is 15.8 Å². The van der Waals surface area contributed by atoms with Crippen LogP contribution in [0.5, 0.6) is 0 Å². The molecule has 0 saturated heterocycles. The molecule has 0 aliphatic rings. The zero-order valence-electron chi connectivity index (χ0n) is 11.2. The molecular formula is C14H15FN2O2S. The summed E-state index contributed by atoms with van der Waals surface area (Å²) in [5, 5.41) is 0. The van der Waals surface area contributed by atoms with Crippen molar-refractivity contribution < 1.29 is 12.8 Å². The Morgan fingerprint density at radius 2 is 1.70 bits per heavy atom. The molecule has 20 heavy (non-hydrogen) atoms. The molecule has 1 N–H and O–H groups in total. The van der Waals surface area contributed by atoms with Crippen molar-refractivity contribution in [3.05, 3.63) is 54.3 Å². The van der Waals surface area contributed by atoms with E-state index in [1.807, 2.05) is 25.1 Å². The van der Waals surface area contributed by atoms with Gasteiger partial charge in [-0.05, 0) is 42.5 Å². The number of hydrogen-bond acceptors (Lipinski definition) is 3. The first-order valence-corrected chi connectivity index (χ1v) is 7.42. The van der Waals surface area contributed by atoms with Gasteiger partial charge in [-0.3, -0.25) is 4.72 Å². The normalized spacial score (nSPS) is 11.2. The van der Waals surface area contributed by atoms with E-state index in [0.29, 0.717) is 5.69 Å². The standard InChI is InChI=1S/C14H15FN2O2S/c1-17(2)13-5-3-4-12(10-13)16-20(18,19)14-8-6-11(15)7-9-14/h3-10,16H,1-2H3. The third-order valence-electron chi connectivity index (χ3n) is 2.74. The maximum absolute atomic E-state index is 12.8. The molecule has 106 valence electrons. The van der Waals surface area contributed by atoms with Crippen LogP contribution in [-0.4, -0.2) is 22.5 Å². The molecular weight excluding hydrogens is 279 g/mol. The highest BCUT2D eigenvalue weighted by Gasteiger charge is 2.14. The summed E-state index contributed by atoms with van der Waals surface area (Å²) in [6.45, 7) is 0. The van der Waals surface area contributed by atoms with Crippen molar-refractivity contribution in [3.8, 4) is 0 Å². The zero-order chi connectivity index (χ0) is 14.8. The Labute approximate surface area is 117 Å². The van der Waals surface area contributed by atoms with Gasteiger partial charge in [0.05, 0.1) is 10.6 Å². The van der Waals surface area contributed by atoms with E-state index in [1.54, 1.807) is 18.2 Å². The molecule has 2 rings (SSSR count). The molecule has 0 fully saturated rings. The average Bonchev–Trinajstić information content (AvgIpc) is 2.39. The molecule has 0 aliphatic carbocycles. The maximum Gasteiger partial charge on any atom is 0.261 e. The Morgan fingerprint density at radius 3 is 2.30 bits per heavy atom. The molecule has 0 aliphatic heterocycles. The minimum absolute atomic E-state index is 0.0224. The average molecular weight is 294 g/mol. The summed E-state index contributed by atoms with van der Waals surface area (Å²) in [6, 6.07) is 11.7. The second kappa shape index (κ2) is 5.50. The summed E-state index contributed by atoms with van der Waals surface area (Å²) < 4.78 is 39.6. The van der Waals surface area contributed by atoms with Gasteiger partial charge in [-0.1, -0.05) is 6.07 Å². The summed E-state index contributed by atoms with van der Waals surface area (Å²) in [7, 11) is 0.0295. The molecule has 0 radical (unpaired) electrons. The second-order valence-corrected chi connectivity index (χ2v) is 6.19. The highest BCUT2D eigenvalue weighted by Crippen LogP contribution is 2.20. The molecule has 0 aromatic heterocycles. The molecule has 0 unspecified atom stereocenters. The number of anilines is 2. The monoisotopic (exact) mass is 294 g/mol. The Kier molecular flexibility index (Phi) is 3.94. The molecule has 0 atom stereocenters. The van der Waals surface area contributed by atoms with E-state index in [9.17, 15) is 12.8 Å². The van der Waals surface area contributed by atoms with Crippen LogP contribution < -0.4 is 9.62 Å². The summed E-state index contributed by atoms with van der Waals surface area (Å²) in [6.07, 6.45) is 0. The van der Waals surface area contributed by atoms with E-state index in [1.165, 1.54) is 12.1 Å². The molecule has 0 bridgehead atoms. The van der Waals surface area contributed by atoms with Gasteiger partial charge in [-0.2, -0.15) is 0 Å². The van der Waals surface area contributed by atoms with Crippen molar-refractivity contribution in [2.24, 2.45) is 0 Å². The number of benzene rings is 2. The van der Waals surface area contributed by atoms with E-state index in [-0.39, 0.29) is 4.90 Å². The topological polar surface area (TPSA) is 49.4 Å². The quantitative estimate of drug-likeness (QED) is 0.943. The fourth-order valence-electron chi connectivity index (χ4n) is 1.68. The third kappa shape index (κ3) is 3.27. The lowest BCUT2D eigenvalue weighted by Crippen LogP contribution is -2.14. The summed E-state index contributed by atoms with van der Waals surface area (Å²) >= 11 is 0. The fraction of sp³-hybridized carbons (Fsp3) is 0.143. The highest BCUT2D eigenvalue weighted by molar-refractivity contribution is 7.92. The molecule has 4 nitrogen and oxygen atoms in total. The first-order chi connectivity index (χ1) is 9.38. The smallest absolute Gasteiger partial charge is 0.261 e. The van der Waals surface area contributed by atoms with Gasteiger partial charge < -0.3 is 4.90 Å². The molecule has 0 heterocycles. The molecule has 0 spiro atoms. The predicted molar refractivity (Wildman–Crippen MR) is 78.0 cm³/mol. The van der Waals surface area contributed by atoms with Crippen LogP contribution >= 0.6 is 0 Å². The van der Waals surface area contributed by atoms with Crippen LogP contribution in [0.2, 0.25) is 0 Å². The largest absolute Gasteiger partial charge is 0.378 e. The lowest BCUT2D eigenvalue weighted by Gasteiger charge is -2.14. The lowest BCUT2D eigenvalue weighted by molar-refractivity contribution is 0.599. The van der Waals surface area contributed by atoms with Crippen LogP contribution in [0.1, 0.15) is 0 Å². The minimum Gasteiger partial charge on any atom is -0.378 e. The van der Waals surface area contributed by atoms with Crippen LogP contribution in [0.4, 0.5) is 15.8 Å². The zero-order valence-corrected chi connectivity index (χ0v) is 12.0. The van der Waals surface area contributed by atoms with Gasteiger partial charge in [0.15, 0.2) is 0 Å². The highest BCUT2D eigenvalue weighted by atomic mass is 32.2. The van der Waals surface area contributed by atoms with E-state index in [4.69, 9.17) is 0 Å². The Hall–Kier alpha value is -2.08. The van der Waals surface area contributed by atoms with Crippen molar-refractivity contribution >= 4 is 21.4 Å². The molecule has 2 aromatic carbocycles. The van der Waals surface area contributed by atoms with Crippen molar-refractivity contribution in [1.82, 2.24) is 0 Å². The SMILES string of the molecule is CN(C)c1cccc(NS(=O)(=O)c2ccc(F)cc2)c1. The number of hydrogen-bond donors (Lipinski definition) is 1. The summed E-state index contributed by atoms with van der Waals surface area (Å²) in [4.78, 5) is 1.89. The van der Waals surface area contributed by atoms with Crippen LogP contribution in [0, 0.1) is 5.82 Å². The van der Waals surface area contributed by atoms with Crippen LogP contribution in [0.15, 0.2) is 53.4 Å². The number of halogens is 1. The fourth-order valence-corrected chi connectivity index (χ4v) is 2.72. The number of nitrogens with zero attached hydrogens (tertiary/aromatic N) is 1. The second-order valence-electron chi connectivity index (χ2n) is 4.50. The van der Waals surface area contributed by atoms with Crippen molar-refractivity contribution in [3.63, 3.8) is 0 Å². The van der Waals surface area contributed by atoms with Gasteiger partial charge in [-0.25, -0.2) is 12.8 Å². The van der Waals surface area contributed by atoms with E-state index >= 15 is 0 Å². The molecule has 6 heteroatoms. The van der Waals surface area contributed by atoms with Gasteiger partial charge in [0, 0.05) is 19.8 Å². The number of nitrogens with one attached hydrogen (secondary N) is 1. The number of rotatable bonds is 4. The van der Waals surface area contributed by atoms with Crippen molar-refractivity contribution in [2.45, 2.75) is 4.90 Å². The van der Waals surface area contributed by atoms with Gasteiger partial charge >= 0.3 is 0 Å².